The molecule has 21 heavy (non-hydrogen) atoms. The van der Waals surface area contributed by atoms with Crippen molar-refractivity contribution in [1.29, 1.82) is 0 Å². The number of hydrogen-bond donors (Lipinski definition) is 1. The van der Waals surface area contributed by atoms with Gasteiger partial charge in [-0.1, -0.05) is 12.1 Å². The van der Waals surface area contributed by atoms with E-state index >= 15 is 0 Å². The lowest BCUT2D eigenvalue weighted by Gasteiger charge is -2.15. The molecule has 1 amide bonds. The fourth-order valence-corrected chi connectivity index (χ4v) is 2.13. The summed E-state index contributed by atoms with van der Waals surface area (Å²) in [6.07, 6.45) is 0. The van der Waals surface area contributed by atoms with Crippen LogP contribution in [0.25, 0.3) is 0 Å². The van der Waals surface area contributed by atoms with Gasteiger partial charge in [0, 0.05) is 5.56 Å². The summed E-state index contributed by atoms with van der Waals surface area (Å²) < 4.78 is 27.2. The first-order chi connectivity index (χ1) is 9.88. The minimum Gasteiger partial charge on any atom is -0.346 e. The summed E-state index contributed by atoms with van der Waals surface area (Å²) in [5.74, 6) is -1.23. The molecule has 110 valence electrons. The van der Waals surface area contributed by atoms with Crippen molar-refractivity contribution in [3.05, 3.63) is 69.2 Å². The quantitative estimate of drug-likeness (QED) is 0.862. The van der Waals surface area contributed by atoms with Gasteiger partial charge in [-0.25, -0.2) is 8.78 Å². The number of carbonyl (C=O) groups excluding carboxylic acids is 1. The Morgan fingerprint density at radius 2 is 1.86 bits per heavy atom. The zero-order valence-electron chi connectivity index (χ0n) is 11.6. The second-order valence-corrected chi connectivity index (χ2v) is 5.69. The lowest BCUT2D eigenvalue weighted by Crippen LogP contribution is -2.26. The molecule has 2 aromatic carbocycles. The molecule has 0 heterocycles. The van der Waals surface area contributed by atoms with Gasteiger partial charge in [0.1, 0.15) is 11.6 Å². The van der Waals surface area contributed by atoms with Gasteiger partial charge in [-0.15, -0.1) is 0 Å². The average molecular weight is 354 g/mol. The fraction of sp³-hybridized carbons (Fsp3) is 0.188. The second kappa shape index (κ2) is 6.35. The van der Waals surface area contributed by atoms with Crippen LogP contribution in [0.1, 0.15) is 34.5 Å². The van der Waals surface area contributed by atoms with Gasteiger partial charge in [-0.05, 0) is 65.2 Å². The highest BCUT2D eigenvalue weighted by molar-refractivity contribution is 9.10. The van der Waals surface area contributed by atoms with Gasteiger partial charge >= 0.3 is 0 Å². The van der Waals surface area contributed by atoms with Crippen LogP contribution in [0.5, 0.6) is 0 Å². The van der Waals surface area contributed by atoms with Gasteiger partial charge in [-0.3, -0.25) is 4.79 Å². The van der Waals surface area contributed by atoms with Gasteiger partial charge in [0.15, 0.2) is 0 Å². The van der Waals surface area contributed by atoms with E-state index in [9.17, 15) is 13.6 Å². The highest BCUT2D eigenvalue weighted by atomic mass is 79.9. The number of hydrogen-bond acceptors (Lipinski definition) is 1. The number of aryl methyl sites for hydroxylation is 1. The van der Waals surface area contributed by atoms with Crippen LogP contribution < -0.4 is 5.32 Å². The van der Waals surface area contributed by atoms with Crippen molar-refractivity contribution in [2.75, 3.05) is 0 Å². The summed E-state index contributed by atoms with van der Waals surface area (Å²) in [5, 5.41) is 2.72. The first-order valence-electron chi connectivity index (χ1n) is 6.40. The largest absolute Gasteiger partial charge is 0.346 e. The molecule has 0 fully saturated rings. The standard InChI is InChI=1S/C16H14BrF2NO/c1-9-3-4-11(7-14(9)18)10(2)20-16(21)12-5-6-13(17)15(19)8-12/h3-8,10H,1-2H3,(H,20,21). The number of carbonyl (C=O) groups is 1. The van der Waals surface area contributed by atoms with Crippen molar-refractivity contribution in [3.63, 3.8) is 0 Å². The average Bonchev–Trinajstić information content (AvgIpc) is 2.44. The van der Waals surface area contributed by atoms with Gasteiger partial charge in [0.2, 0.25) is 0 Å². The van der Waals surface area contributed by atoms with E-state index in [4.69, 9.17) is 0 Å². The van der Waals surface area contributed by atoms with Crippen molar-refractivity contribution in [2.24, 2.45) is 0 Å². The molecule has 0 saturated carbocycles. The molecule has 1 unspecified atom stereocenters. The van der Waals surface area contributed by atoms with Gasteiger partial charge in [0.25, 0.3) is 5.91 Å². The predicted molar refractivity (Wildman–Crippen MR) is 81.1 cm³/mol. The Morgan fingerprint density at radius 1 is 1.14 bits per heavy atom. The minimum absolute atomic E-state index is 0.218. The third-order valence-corrected chi connectivity index (χ3v) is 3.87. The third kappa shape index (κ3) is 3.67. The number of nitrogens with one attached hydrogen (secondary N) is 1. The Balaban J connectivity index is 2.14. The highest BCUT2D eigenvalue weighted by Crippen LogP contribution is 2.19. The summed E-state index contributed by atoms with van der Waals surface area (Å²) in [4.78, 5) is 12.1. The van der Waals surface area contributed by atoms with E-state index in [0.717, 1.165) is 6.07 Å². The van der Waals surface area contributed by atoms with E-state index in [1.807, 2.05) is 0 Å². The zero-order chi connectivity index (χ0) is 15.6. The third-order valence-electron chi connectivity index (χ3n) is 3.23. The van der Waals surface area contributed by atoms with Crippen LogP contribution in [0.4, 0.5) is 8.78 Å². The van der Waals surface area contributed by atoms with Gasteiger partial charge in [-0.2, -0.15) is 0 Å². The topological polar surface area (TPSA) is 29.1 Å². The molecule has 2 rings (SSSR count). The number of benzene rings is 2. The maximum absolute atomic E-state index is 13.5. The van der Waals surface area contributed by atoms with Crippen molar-refractivity contribution < 1.29 is 13.6 Å². The van der Waals surface area contributed by atoms with Crippen LogP contribution in [-0.2, 0) is 0 Å². The molecule has 0 saturated heterocycles. The number of amides is 1. The van der Waals surface area contributed by atoms with E-state index < -0.39 is 11.7 Å². The van der Waals surface area contributed by atoms with Crippen LogP contribution in [0, 0.1) is 18.6 Å². The van der Waals surface area contributed by atoms with Crippen molar-refractivity contribution >= 4 is 21.8 Å². The predicted octanol–water partition coefficient (Wildman–Crippen LogP) is 4.53. The van der Waals surface area contributed by atoms with E-state index in [1.165, 1.54) is 18.2 Å². The van der Waals surface area contributed by atoms with Crippen molar-refractivity contribution in [1.82, 2.24) is 5.32 Å². The molecule has 2 nitrogen and oxygen atoms in total. The maximum Gasteiger partial charge on any atom is 0.251 e. The lowest BCUT2D eigenvalue weighted by molar-refractivity contribution is 0.0939. The van der Waals surface area contributed by atoms with Crippen LogP contribution in [0.15, 0.2) is 40.9 Å². The molecule has 0 aliphatic carbocycles. The molecule has 2 aromatic rings. The van der Waals surface area contributed by atoms with Crippen molar-refractivity contribution in [3.8, 4) is 0 Å². The molecule has 0 aromatic heterocycles. The molecule has 1 atom stereocenters. The fourth-order valence-electron chi connectivity index (χ4n) is 1.88. The lowest BCUT2D eigenvalue weighted by atomic mass is 10.1. The molecule has 0 aliphatic heterocycles. The minimum atomic E-state index is -0.503. The molecule has 1 N–H and O–H groups in total. The summed E-state index contributed by atoms with van der Waals surface area (Å²) in [5.41, 5.74) is 1.42. The molecule has 0 aliphatic rings. The Morgan fingerprint density at radius 3 is 2.48 bits per heavy atom. The molecular weight excluding hydrogens is 340 g/mol. The summed E-state index contributed by atoms with van der Waals surface area (Å²) in [6, 6.07) is 8.58. The first-order valence-corrected chi connectivity index (χ1v) is 7.19. The Kier molecular flexibility index (Phi) is 4.73. The summed E-state index contributed by atoms with van der Waals surface area (Å²) in [7, 11) is 0. The van der Waals surface area contributed by atoms with E-state index in [2.05, 4.69) is 21.2 Å². The van der Waals surface area contributed by atoms with Crippen LogP contribution >= 0.6 is 15.9 Å². The summed E-state index contributed by atoms with van der Waals surface area (Å²) >= 11 is 3.03. The van der Waals surface area contributed by atoms with Crippen LogP contribution in [0.3, 0.4) is 0 Å². The highest BCUT2D eigenvalue weighted by Gasteiger charge is 2.14. The van der Waals surface area contributed by atoms with Crippen LogP contribution in [-0.4, -0.2) is 5.91 Å². The zero-order valence-corrected chi connectivity index (χ0v) is 13.2. The molecular formula is C16H14BrF2NO. The summed E-state index contributed by atoms with van der Waals surface area (Å²) in [6.45, 7) is 3.42. The van der Waals surface area contributed by atoms with Gasteiger partial charge in [0.05, 0.1) is 10.5 Å². The number of halogens is 3. The smallest absolute Gasteiger partial charge is 0.251 e. The second-order valence-electron chi connectivity index (χ2n) is 4.83. The van der Waals surface area contributed by atoms with E-state index in [0.29, 0.717) is 15.6 Å². The van der Waals surface area contributed by atoms with E-state index in [-0.39, 0.29) is 17.4 Å². The Labute approximate surface area is 130 Å². The maximum atomic E-state index is 13.5. The van der Waals surface area contributed by atoms with E-state index in [1.54, 1.807) is 26.0 Å². The molecule has 5 heteroatoms. The first kappa shape index (κ1) is 15.6. The van der Waals surface area contributed by atoms with Crippen LogP contribution in [0.2, 0.25) is 0 Å². The molecule has 0 bridgehead atoms. The SMILES string of the molecule is Cc1ccc(C(C)NC(=O)c2ccc(Br)c(F)c2)cc1F. The normalized spacial score (nSPS) is 12.0. The number of rotatable bonds is 3. The Hall–Kier alpha value is -1.75. The van der Waals surface area contributed by atoms with Crippen molar-refractivity contribution in [2.45, 2.75) is 19.9 Å². The molecule has 0 radical (unpaired) electrons. The monoisotopic (exact) mass is 353 g/mol. The Bertz CT molecular complexity index is 688. The molecule has 0 spiro atoms. The van der Waals surface area contributed by atoms with Gasteiger partial charge < -0.3 is 5.32 Å².